The van der Waals surface area contributed by atoms with Gasteiger partial charge in [-0.1, -0.05) is 30.5 Å². The first-order valence-corrected chi connectivity index (χ1v) is 8.93. The summed E-state index contributed by atoms with van der Waals surface area (Å²) >= 11 is 5.93. The Labute approximate surface area is 155 Å². The van der Waals surface area contributed by atoms with Gasteiger partial charge in [0.2, 0.25) is 11.8 Å². The summed E-state index contributed by atoms with van der Waals surface area (Å²) in [5.74, 6) is -1.03. The number of amides is 2. The molecule has 1 heterocycles. The van der Waals surface area contributed by atoms with Crippen LogP contribution in [0, 0.1) is 5.82 Å². The van der Waals surface area contributed by atoms with E-state index in [4.69, 9.17) is 11.6 Å². The van der Waals surface area contributed by atoms with Crippen LogP contribution in [0.2, 0.25) is 5.02 Å². The van der Waals surface area contributed by atoms with E-state index in [9.17, 15) is 14.0 Å². The molecule has 0 aliphatic heterocycles. The number of hydrogen-bond acceptors (Lipinski definition) is 3. The Hall–Kier alpha value is -2.41. The van der Waals surface area contributed by atoms with Crippen molar-refractivity contribution in [2.75, 3.05) is 5.32 Å². The first-order chi connectivity index (χ1) is 12.5. The third-order valence-electron chi connectivity index (χ3n) is 4.34. The highest BCUT2D eigenvalue weighted by Crippen LogP contribution is 2.20. The highest BCUT2D eigenvalue weighted by molar-refractivity contribution is 6.31. The first kappa shape index (κ1) is 18.4. The number of anilines is 1. The van der Waals surface area contributed by atoms with E-state index in [2.05, 4.69) is 15.7 Å². The number of carbonyl (C=O) groups is 2. The van der Waals surface area contributed by atoms with Crippen molar-refractivity contribution >= 4 is 29.1 Å². The minimum absolute atomic E-state index is 0.0888. The second kappa shape index (κ2) is 8.31. The Morgan fingerprint density at radius 2 is 2.04 bits per heavy atom. The summed E-state index contributed by atoms with van der Waals surface area (Å²) in [6, 6.07) is 4.53. The molecular weight excluding hydrogens is 359 g/mol. The Balaban J connectivity index is 1.52. The average Bonchev–Trinajstić information content (AvgIpc) is 3.23. The normalized spacial score (nSPS) is 14.4. The highest BCUT2D eigenvalue weighted by atomic mass is 35.5. The minimum Gasteiger partial charge on any atom is -0.352 e. The zero-order valence-electron chi connectivity index (χ0n) is 14.2. The molecule has 26 heavy (non-hydrogen) atoms. The largest absolute Gasteiger partial charge is 0.352 e. The van der Waals surface area contributed by atoms with Crippen LogP contribution in [0.4, 0.5) is 10.1 Å². The second-order valence-corrected chi connectivity index (χ2v) is 6.81. The smallest absolute Gasteiger partial charge is 0.241 e. The molecular formula is C18H20ClFN4O2. The first-order valence-electron chi connectivity index (χ1n) is 8.56. The number of nitrogens with zero attached hydrogens (tertiary/aromatic N) is 2. The molecule has 2 aromatic rings. The molecule has 0 radical (unpaired) electrons. The number of carbonyl (C=O) groups excluding carboxylic acids is 2. The van der Waals surface area contributed by atoms with Crippen molar-refractivity contribution in [2.45, 2.75) is 44.7 Å². The number of benzene rings is 1. The van der Waals surface area contributed by atoms with Gasteiger partial charge < -0.3 is 10.6 Å². The van der Waals surface area contributed by atoms with Gasteiger partial charge in [0.1, 0.15) is 12.4 Å². The molecule has 1 saturated carbocycles. The fourth-order valence-corrected chi connectivity index (χ4v) is 3.30. The fourth-order valence-electron chi connectivity index (χ4n) is 3.07. The topological polar surface area (TPSA) is 76.0 Å². The Morgan fingerprint density at radius 1 is 1.27 bits per heavy atom. The molecule has 2 amide bonds. The quantitative estimate of drug-likeness (QED) is 0.811. The molecule has 0 bridgehead atoms. The van der Waals surface area contributed by atoms with Crippen LogP contribution in [-0.4, -0.2) is 27.6 Å². The van der Waals surface area contributed by atoms with Gasteiger partial charge in [0.05, 0.1) is 18.3 Å². The average molecular weight is 379 g/mol. The van der Waals surface area contributed by atoms with Crippen LogP contribution >= 0.6 is 11.6 Å². The van der Waals surface area contributed by atoms with Gasteiger partial charge in [-0.15, -0.1) is 0 Å². The third kappa shape index (κ3) is 4.82. The molecule has 8 heteroatoms. The maximum Gasteiger partial charge on any atom is 0.241 e. The molecule has 0 spiro atoms. The minimum atomic E-state index is -0.521. The molecule has 1 aromatic heterocycles. The van der Waals surface area contributed by atoms with Gasteiger partial charge in [0, 0.05) is 22.8 Å². The van der Waals surface area contributed by atoms with Crippen LogP contribution in [0.1, 0.15) is 31.2 Å². The molecule has 0 unspecified atom stereocenters. The van der Waals surface area contributed by atoms with Gasteiger partial charge in [0.25, 0.3) is 0 Å². The van der Waals surface area contributed by atoms with Gasteiger partial charge in [-0.3, -0.25) is 14.3 Å². The monoisotopic (exact) mass is 378 g/mol. The van der Waals surface area contributed by atoms with Crippen LogP contribution in [0.5, 0.6) is 0 Å². The summed E-state index contributed by atoms with van der Waals surface area (Å²) < 4.78 is 15.2. The molecule has 1 aliphatic carbocycles. The third-order valence-corrected chi connectivity index (χ3v) is 4.70. The maximum absolute atomic E-state index is 13.7. The van der Waals surface area contributed by atoms with E-state index in [0.29, 0.717) is 5.69 Å². The van der Waals surface area contributed by atoms with Crippen LogP contribution in [0.25, 0.3) is 0 Å². The van der Waals surface area contributed by atoms with Crippen molar-refractivity contribution in [1.82, 2.24) is 15.1 Å². The zero-order chi connectivity index (χ0) is 18.5. The fraction of sp³-hybridized carbons (Fsp3) is 0.389. The van der Waals surface area contributed by atoms with E-state index in [-0.39, 0.29) is 35.5 Å². The van der Waals surface area contributed by atoms with E-state index in [1.165, 1.54) is 29.1 Å². The number of aromatic nitrogens is 2. The number of rotatable bonds is 6. The maximum atomic E-state index is 13.7. The van der Waals surface area contributed by atoms with E-state index in [0.717, 1.165) is 25.7 Å². The van der Waals surface area contributed by atoms with Gasteiger partial charge in [-0.25, -0.2) is 4.39 Å². The lowest BCUT2D eigenvalue weighted by Gasteiger charge is -2.11. The molecule has 0 saturated heterocycles. The second-order valence-electron chi connectivity index (χ2n) is 6.40. The summed E-state index contributed by atoms with van der Waals surface area (Å²) in [4.78, 5) is 24.1. The molecule has 3 rings (SSSR count). The van der Waals surface area contributed by atoms with Gasteiger partial charge >= 0.3 is 0 Å². The molecule has 138 valence electrons. The highest BCUT2D eigenvalue weighted by Gasteiger charge is 2.17. The van der Waals surface area contributed by atoms with Gasteiger partial charge in [0.15, 0.2) is 0 Å². The van der Waals surface area contributed by atoms with Gasteiger partial charge in [-0.05, 0) is 25.0 Å². The zero-order valence-corrected chi connectivity index (χ0v) is 14.9. The van der Waals surface area contributed by atoms with Gasteiger partial charge in [-0.2, -0.15) is 5.10 Å². The number of halogens is 2. The summed E-state index contributed by atoms with van der Waals surface area (Å²) in [7, 11) is 0. The van der Waals surface area contributed by atoms with Crippen molar-refractivity contribution in [3.05, 3.63) is 47.0 Å². The van der Waals surface area contributed by atoms with E-state index in [1.54, 1.807) is 6.20 Å². The predicted molar refractivity (Wildman–Crippen MR) is 96.4 cm³/mol. The van der Waals surface area contributed by atoms with E-state index in [1.807, 2.05) is 0 Å². The Kier molecular flexibility index (Phi) is 5.88. The van der Waals surface area contributed by atoms with Crippen LogP contribution in [-0.2, 0) is 22.6 Å². The standard InChI is InChI=1S/C18H20ClFN4O2/c19-15-6-3-7-16(20)14(15)8-17(25)23-13-9-21-24(10-13)11-18(26)22-12-4-1-2-5-12/h3,6-7,9-10,12H,1-2,4-5,8,11H2,(H,22,26)(H,23,25). The molecule has 1 fully saturated rings. The van der Waals surface area contributed by atoms with Crippen LogP contribution in [0.3, 0.4) is 0 Å². The Bertz CT molecular complexity index is 782. The molecule has 6 nitrogen and oxygen atoms in total. The summed E-state index contributed by atoms with van der Waals surface area (Å²) in [5, 5.41) is 9.89. The van der Waals surface area contributed by atoms with Crippen LogP contribution in [0.15, 0.2) is 30.6 Å². The van der Waals surface area contributed by atoms with Crippen molar-refractivity contribution in [3.8, 4) is 0 Å². The Morgan fingerprint density at radius 3 is 2.77 bits per heavy atom. The van der Waals surface area contributed by atoms with Crippen molar-refractivity contribution in [1.29, 1.82) is 0 Å². The molecule has 1 aliphatic rings. The van der Waals surface area contributed by atoms with E-state index >= 15 is 0 Å². The molecule has 2 N–H and O–H groups in total. The predicted octanol–water partition coefficient (Wildman–Crippen LogP) is 2.92. The lowest BCUT2D eigenvalue weighted by Crippen LogP contribution is -2.35. The lowest BCUT2D eigenvalue weighted by atomic mass is 10.1. The lowest BCUT2D eigenvalue weighted by molar-refractivity contribution is -0.122. The summed E-state index contributed by atoms with van der Waals surface area (Å²) in [6.45, 7) is 0.0888. The van der Waals surface area contributed by atoms with Crippen LogP contribution < -0.4 is 10.6 Å². The van der Waals surface area contributed by atoms with E-state index < -0.39 is 11.7 Å². The molecule has 0 atom stereocenters. The number of nitrogens with one attached hydrogen (secondary N) is 2. The van der Waals surface area contributed by atoms with Crippen molar-refractivity contribution < 1.29 is 14.0 Å². The number of hydrogen-bond donors (Lipinski definition) is 2. The van der Waals surface area contributed by atoms with Crippen molar-refractivity contribution in [2.24, 2.45) is 0 Å². The van der Waals surface area contributed by atoms with Crippen molar-refractivity contribution in [3.63, 3.8) is 0 Å². The SMILES string of the molecule is O=C(Cc1c(F)cccc1Cl)Nc1cnn(CC(=O)NC2CCCC2)c1. The summed E-state index contributed by atoms with van der Waals surface area (Å²) in [6.07, 6.45) is 7.16. The summed E-state index contributed by atoms with van der Waals surface area (Å²) in [5.41, 5.74) is 0.589. The molecule has 1 aromatic carbocycles.